The Balaban J connectivity index is 1.91. The summed E-state index contributed by atoms with van der Waals surface area (Å²) < 4.78 is 6.81. The standard InChI is InChI=1S/C15H26N4O2/c1-4-12(11-21-3)17-13-5-8-19(9-6-13)14-15(20)18(2)10-7-16-14/h7,10,12-13,17H,4-6,8-9,11H2,1-3H3. The van der Waals surface area contributed by atoms with Crippen LogP contribution in [0.5, 0.6) is 0 Å². The summed E-state index contributed by atoms with van der Waals surface area (Å²) in [5.41, 5.74) is -0.0188. The van der Waals surface area contributed by atoms with Gasteiger partial charge in [-0.25, -0.2) is 4.98 Å². The van der Waals surface area contributed by atoms with Gasteiger partial charge in [-0.1, -0.05) is 6.92 Å². The van der Waals surface area contributed by atoms with Gasteiger partial charge in [0.05, 0.1) is 6.61 Å². The minimum Gasteiger partial charge on any atom is -0.383 e. The zero-order chi connectivity index (χ0) is 15.2. The first-order valence-corrected chi connectivity index (χ1v) is 7.67. The number of piperidine rings is 1. The predicted octanol–water partition coefficient (Wildman–Crippen LogP) is 0.764. The number of aromatic nitrogens is 2. The molecule has 1 aromatic heterocycles. The fourth-order valence-electron chi connectivity index (χ4n) is 2.78. The maximum Gasteiger partial charge on any atom is 0.293 e. The fraction of sp³-hybridized carbons (Fsp3) is 0.733. The molecule has 1 fully saturated rings. The SMILES string of the molecule is CCC(COC)NC1CCN(c2nccn(C)c2=O)CC1. The van der Waals surface area contributed by atoms with Crippen molar-refractivity contribution >= 4 is 5.82 Å². The second-order valence-corrected chi connectivity index (χ2v) is 5.66. The zero-order valence-corrected chi connectivity index (χ0v) is 13.2. The molecule has 1 aliphatic rings. The summed E-state index contributed by atoms with van der Waals surface area (Å²) in [5, 5.41) is 3.65. The minimum atomic E-state index is -0.0188. The highest BCUT2D eigenvalue weighted by Crippen LogP contribution is 2.15. The molecule has 0 bridgehead atoms. The van der Waals surface area contributed by atoms with Crippen molar-refractivity contribution in [3.05, 3.63) is 22.7 Å². The summed E-state index contributed by atoms with van der Waals surface area (Å²) >= 11 is 0. The van der Waals surface area contributed by atoms with E-state index in [-0.39, 0.29) is 5.56 Å². The molecule has 0 amide bonds. The third-order valence-electron chi connectivity index (χ3n) is 4.13. The Morgan fingerprint density at radius 3 is 2.81 bits per heavy atom. The van der Waals surface area contributed by atoms with E-state index >= 15 is 0 Å². The Kier molecular flexibility index (Phi) is 5.76. The number of hydrogen-bond acceptors (Lipinski definition) is 5. The Morgan fingerprint density at radius 1 is 1.48 bits per heavy atom. The molecule has 0 radical (unpaired) electrons. The molecule has 1 aromatic rings. The van der Waals surface area contributed by atoms with Crippen LogP contribution in [-0.4, -0.2) is 48.4 Å². The van der Waals surface area contributed by atoms with Crippen LogP contribution in [0.2, 0.25) is 0 Å². The molecule has 0 aromatic carbocycles. The number of hydrogen-bond donors (Lipinski definition) is 1. The first kappa shape index (κ1) is 16.0. The first-order valence-electron chi connectivity index (χ1n) is 7.67. The lowest BCUT2D eigenvalue weighted by atomic mass is 10.0. The van der Waals surface area contributed by atoms with E-state index in [9.17, 15) is 4.79 Å². The van der Waals surface area contributed by atoms with Gasteiger partial charge < -0.3 is 19.5 Å². The largest absolute Gasteiger partial charge is 0.383 e. The fourth-order valence-corrected chi connectivity index (χ4v) is 2.78. The number of methoxy groups -OCH3 is 1. The van der Waals surface area contributed by atoms with Crippen LogP contribution in [0.3, 0.4) is 0 Å². The number of aryl methyl sites for hydroxylation is 1. The first-order chi connectivity index (χ1) is 10.2. The molecule has 1 unspecified atom stereocenters. The Labute approximate surface area is 126 Å². The minimum absolute atomic E-state index is 0.0188. The maximum atomic E-state index is 12.1. The monoisotopic (exact) mass is 294 g/mol. The number of anilines is 1. The normalized spacial score (nSPS) is 18.0. The quantitative estimate of drug-likeness (QED) is 0.839. The van der Waals surface area contributed by atoms with Crippen LogP contribution in [0.4, 0.5) is 5.82 Å². The molecule has 0 aliphatic carbocycles. The van der Waals surface area contributed by atoms with Gasteiger partial charge in [-0.05, 0) is 19.3 Å². The number of nitrogens with zero attached hydrogens (tertiary/aromatic N) is 3. The number of ether oxygens (including phenoxy) is 1. The van der Waals surface area contributed by atoms with Crippen LogP contribution in [0.15, 0.2) is 17.2 Å². The predicted molar refractivity (Wildman–Crippen MR) is 83.8 cm³/mol. The van der Waals surface area contributed by atoms with Gasteiger partial charge >= 0.3 is 0 Å². The number of rotatable bonds is 6. The van der Waals surface area contributed by atoms with E-state index in [4.69, 9.17) is 4.74 Å². The van der Waals surface area contributed by atoms with Gasteiger partial charge in [0.25, 0.3) is 5.56 Å². The summed E-state index contributed by atoms with van der Waals surface area (Å²) in [6.45, 7) is 4.65. The molecule has 1 atom stereocenters. The van der Waals surface area contributed by atoms with E-state index in [1.807, 2.05) is 0 Å². The summed E-state index contributed by atoms with van der Waals surface area (Å²) in [7, 11) is 3.50. The summed E-state index contributed by atoms with van der Waals surface area (Å²) in [5.74, 6) is 0.572. The molecule has 2 rings (SSSR count). The molecular formula is C15H26N4O2. The molecule has 1 aliphatic heterocycles. The van der Waals surface area contributed by atoms with Gasteiger partial charge in [-0.15, -0.1) is 0 Å². The van der Waals surface area contributed by atoms with Gasteiger partial charge in [0.15, 0.2) is 5.82 Å². The zero-order valence-electron chi connectivity index (χ0n) is 13.2. The van der Waals surface area contributed by atoms with Crippen molar-refractivity contribution in [2.24, 2.45) is 7.05 Å². The van der Waals surface area contributed by atoms with E-state index in [1.165, 1.54) is 0 Å². The van der Waals surface area contributed by atoms with Gasteiger partial charge in [-0.2, -0.15) is 0 Å². The molecule has 1 N–H and O–H groups in total. The second-order valence-electron chi connectivity index (χ2n) is 5.66. The van der Waals surface area contributed by atoms with Crippen molar-refractivity contribution in [3.63, 3.8) is 0 Å². The van der Waals surface area contributed by atoms with Gasteiger partial charge in [0.1, 0.15) is 0 Å². The smallest absolute Gasteiger partial charge is 0.293 e. The Morgan fingerprint density at radius 2 is 2.19 bits per heavy atom. The molecule has 118 valence electrons. The van der Waals surface area contributed by atoms with Crippen molar-refractivity contribution in [2.75, 3.05) is 31.7 Å². The molecule has 1 saturated heterocycles. The maximum absolute atomic E-state index is 12.1. The second kappa shape index (κ2) is 7.56. The summed E-state index contributed by atoms with van der Waals surface area (Å²) in [6.07, 6.45) is 6.50. The summed E-state index contributed by atoms with van der Waals surface area (Å²) in [6, 6.07) is 0.906. The molecule has 0 saturated carbocycles. The lowest BCUT2D eigenvalue weighted by Gasteiger charge is -2.34. The third-order valence-corrected chi connectivity index (χ3v) is 4.13. The van der Waals surface area contributed by atoms with E-state index in [0.29, 0.717) is 17.9 Å². The van der Waals surface area contributed by atoms with Crippen LogP contribution in [0.25, 0.3) is 0 Å². The van der Waals surface area contributed by atoms with Crippen molar-refractivity contribution in [2.45, 2.75) is 38.3 Å². The lowest BCUT2D eigenvalue weighted by molar-refractivity contribution is 0.155. The van der Waals surface area contributed by atoms with Crippen LogP contribution in [0, 0.1) is 0 Å². The van der Waals surface area contributed by atoms with E-state index < -0.39 is 0 Å². The van der Waals surface area contributed by atoms with Crippen LogP contribution in [0.1, 0.15) is 26.2 Å². The average Bonchev–Trinajstić information content (AvgIpc) is 2.50. The van der Waals surface area contributed by atoms with Crippen LogP contribution >= 0.6 is 0 Å². The highest BCUT2D eigenvalue weighted by molar-refractivity contribution is 5.36. The highest BCUT2D eigenvalue weighted by atomic mass is 16.5. The topological polar surface area (TPSA) is 59.4 Å². The summed E-state index contributed by atoms with van der Waals surface area (Å²) in [4.78, 5) is 18.4. The average molecular weight is 294 g/mol. The van der Waals surface area contributed by atoms with Crippen molar-refractivity contribution in [1.29, 1.82) is 0 Å². The third kappa shape index (κ3) is 4.04. The number of nitrogens with one attached hydrogen (secondary N) is 1. The van der Waals surface area contributed by atoms with Gasteiger partial charge in [0.2, 0.25) is 0 Å². The van der Waals surface area contributed by atoms with E-state index in [2.05, 4.69) is 22.1 Å². The van der Waals surface area contributed by atoms with Crippen molar-refractivity contribution in [3.8, 4) is 0 Å². The molecule has 6 heteroatoms. The van der Waals surface area contributed by atoms with Crippen LogP contribution in [-0.2, 0) is 11.8 Å². The van der Waals surface area contributed by atoms with Crippen LogP contribution < -0.4 is 15.8 Å². The Hall–Kier alpha value is -1.40. The molecule has 6 nitrogen and oxygen atoms in total. The van der Waals surface area contributed by atoms with Gasteiger partial charge in [0, 0.05) is 51.7 Å². The Bertz CT molecular complexity index is 495. The highest BCUT2D eigenvalue weighted by Gasteiger charge is 2.23. The molecule has 0 spiro atoms. The van der Waals surface area contributed by atoms with E-state index in [0.717, 1.165) is 39.0 Å². The molecule has 21 heavy (non-hydrogen) atoms. The van der Waals surface area contributed by atoms with E-state index in [1.54, 1.807) is 31.1 Å². The molecule has 2 heterocycles. The van der Waals surface area contributed by atoms with Crippen molar-refractivity contribution in [1.82, 2.24) is 14.9 Å². The van der Waals surface area contributed by atoms with Gasteiger partial charge in [-0.3, -0.25) is 4.79 Å². The molecular weight excluding hydrogens is 268 g/mol. The lowest BCUT2D eigenvalue weighted by Crippen LogP contribution is -2.48. The van der Waals surface area contributed by atoms with Crippen molar-refractivity contribution < 1.29 is 4.74 Å².